The molecular weight excluding hydrogens is 473 g/mol. The fourth-order valence-electron chi connectivity index (χ4n) is 4.08. The van der Waals surface area contributed by atoms with Crippen molar-refractivity contribution >= 4 is 22.4 Å². The lowest BCUT2D eigenvalue weighted by Crippen LogP contribution is -2.01. The summed E-state index contributed by atoms with van der Waals surface area (Å²) in [6.45, 7) is 0.716. The lowest BCUT2D eigenvalue weighted by Gasteiger charge is -2.09. The topological polar surface area (TPSA) is 35.0 Å². The maximum absolute atomic E-state index is 15.1. The summed E-state index contributed by atoms with van der Waals surface area (Å²) in [5.74, 6) is -1.15. The van der Waals surface area contributed by atoms with Gasteiger partial charge in [-0.25, -0.2) is 23.1 Å². The first-order valence-corrected chi connectivity index (χ1v) is 11.9. The van der Waals surface area contributed by atoms with E-state index in [9.17, 15) is 8.78 Å². The van der Waals surface area contributed by atoms with Crippen LogP contribution in [0.15, 0.2) is 54.9 Å². The number of aromatic nitrogens is 2. The van der Waals surface area contributed by atoms with Gasteiger partial charge >= 0.3 is 0 Å². The molecule has 0 radical (unpaired) electrons. The van der Waals surface area contributed by atoms with E-state index in [1.54, 1.807) is 19.2 Å². The van der Waals surface area contributed by atoms with Crippen molar-refractivity contribution in [1.29, 1.82) is 0 Å². The molecule has 0 saturated heterocycles. The van der Waals surface area contributed by atoms with Crippen LogP contribution in [0.1, 0.15) is 34.5 Å². The van der Waals surface area contributed by atoms with Crippen molar-refractivity contribution in [2.45, 2.75) is 38.5 Å². The highest BCUT2D eigenvalue weighted by Crippen LogP contribution is 2.25. The number of halogens is 4. The third kappa shape index (κ3) is 6.38. The third-order valence-electron chi connectivity index (χ3n) is 6.04. The Bertz CT molecular complexity index is 1290. The van der Waals surface area contributed by atoms with Crippen LogP contribution in [0, 0.1) is 17.5 Å². The summed E-state index contributed by atoms with van der Waals surface area (Å²) in [7, 11) is 1.69. The molecular formula is C28H26ClF3N2O. The van der Waals surface area contributed by atoms with E-state index in [1.165, 1.54) is 12.1 Å². The molecule has 4 rings (SSSR count). The maximum atomic E-state index is 15.1. The molecule has 0 atom stereocenters. The Balaban J connectivity index is 1.39. The van der Waals surface area contributed by atoms with E-state index in [1.807, 2.05) is 30.6 Å². The zero-order chi connectivity index (χ0) is 24.8. The van der Waals surface area contributed by atoms with Gasteiger partial charge in [0, 0.05) is 37.9 Å². The fourth-order valence-corrected chi connectivity index (χ4v) is 4.19. The molecule has 7 heteroatoms. The van der Waals surface area contributed by atoms with Crippen LogP contribution in [0.2, 0.25) is 5.02 Å². The number of fused-ring (bicyclic) bond motifs is 1. The van der Waals surface area contributed by atoms with E-state index < -0.39 is 16.7 Å². The fraction of sp³-hybridized carbons (Fsp3) is 0.286. The molecule has 0 spiro atoms. The number of hydrogen-bond acceptors (Lipinski definition) is 3. The zero-order valence-corrected chi connectivity index (χ0v) is 20.2. The van der Waals surface area contributed by atoms with E-state index in [-0.39, 0.29) is 5.82 Å². The van der Waals surface area contributed by atoms with E-state index >= 15 is 4.39 Å². The van der Waals surface area contributed by atoms with Gasteiger partial charge in [0.05, 0.1) is 0 Å². The molecule has 4 aromatic rings. The average Bonchev–Trinajstić information content (AvgIpc) is 2.86. The summed E-state index contributed by atoms with van der Waals surface area (Å²) in [4.78, 5) is 8.91. The number of ether oxygens (including phenoxy) is 1. The molecule has 0 aliphatic carbocycles. The van der Waals surface area contributed by atoms with Crippen LogP contribution in [0.25, 0.3) is 10.8 Å². The van der Waals surface area contributed by atoms with Gasteiger partial charge in [-0.1, -0.05) is 41.9 Å². The highest BCUT2D eigenvalue weighted by Gasteiger charge is 2.12. The summed E-state index contributed by atoms with van der Waals surface area (Å²) in [6.07, 6.45) is 7.62. The van der Waals surface area contributed by atoms with E-state index in [4.69, 9.17) is 16.3 Å². The minimum Gasteiger partial charge on any atom is -0.385 e. The number of methoxy groups -OCH3 is 1. The van der Waals surface area contributed by atoms with Crippen LogP contribution < -0.4 is 0 Å². The monoisotopic (exact) mass is 498 g/mol. The Morgan fingerprint density at radius 2 is 1.49 bits per heavy atom. The SMILES string of the molecule is COCCCc1cnc(CCc2ccc3c(F)c(CCc4cc(F)c(Cl)c(F)c4)ccc3c2)nc1. The second kappa shape index (κ2) is 11.6. The van der Waals surface area contributed by atoms with Crippen molar-refractivity contribution in [3.8, 4) is 0 Å². The van der Waals surface area contributed by atoms with Gasteiger partial charge in [-0.3, -0.25) is 0 Å². The predicted octanol–water partition coefficient (Wildman–Crippen LogP) is 6.85. The normalized spacial score (nSPS) is 11.3. The Hall–Kier alpha value is -2.96. The molecule has 0 fully saturated rings. The minimum atomic E-state index is -0.809. The van der Waals surface area contributed by atoms with Crippen LogP contribution in [0.5, 0.6) is 0 Å². The summed E-state index contributed by atoms with van der Waals surface area (Å²) in [6, 6.07) is 11.7. The highest BCUT2D eigenvalue weighted by molar-refractivity contribution is 6.30. The van der Waals surface area contributed by atoms with Crippen LogP contribution in [0.3, 0.4) is 0 Å². The zero-order valence-electron chi connectivity index (χ0n) is 19.5. The molecule has 0 amide bonds. The Kier molecular flexibility index (Phi) is 8.37. The number of rotatable bonds is 10. The summed E-state index contributed by atoms with van der Waals surface area (Å²) in [5, 5.41) is 0.807. The van der Waals surface area contributed by atoms with Gasteiger partial charge in [0.15, 0.2) is 0 Å². The van der Waals surface area contributed by atoms with Crippen LogP contribution >= 0.6 is 11.6 Å². The van der Waals surface area contributed by atoms with Crippen molar-refractivity contribution in [3.63, 3.8) is 0 Å². The summed E-state index contributed by atoms with van der Waals surface area (Å²) < 4.78 is 47.6. The average molecular weight is 499 g/mol. The molecule has 3 nitrogen and oxygen atoms in total. The van der Waals surface area contributed by atoms with Crippen LogP contribution in [-0.4, -0.2) is 23.7 Å². The molecule has 0 N–H and O–H groups in total. The first-order valence-electron chi connectivity index (χ1n) is 11.6. The van der Waals surface area contributed by atoms with Crippen molar-refractivity contribution in [2.24, 2.45) is 0 Å². The lowest BCUT2D eigenvalue weighted by atomic mass is 9.98. The number of aryl methyl sites for hydroxylation is 5. The lowest BCUT2D eigenvalue weighted by molar-refractivity contribution is 0.195. The van der Waals surface area contributed by atoms with Crippen molar-refractivity contribution in [2.75, 3.05) is 13.7 Å². The van der Waals surface area contributed by atoms with Crippen molar-refractivity contribution in [1.82, 2.24) is 9.97 Å². The summed E-state index contributed by atoms with van der Waals surface area (Å²) in [5.41, 5.74) is 3.10. The molecule has 1 heterocycles. The second-order valence-electron chi connectivity index (χ2n) is 8.57. The van der Waals surface area contributed by atoms with Crippen molar-refractivity contribution in [3.05, 3.63) is 105 Å². The first-order chi connectivity index (χ1) is 16.9. The maximum Gasteiger partial charge on any atom is 0.145 e. The minimum absolute atomic E-state index is 0.302. The van der Waals surface area contributed by atoms with Crippen molar-refractivity contribution < 1.29 is 17.9 Å². The number of benzene rings is 3. The molecule has 1 aromatic heterocycles. The van der Waals surface area contributed by atoms with E-state index in [0.717, 1.165) is 41.6 Å². The smallest absolute Gasteiger partial charge is 0.145 e. The predicted molar refractivity (Wildman–Crippen MR) is 132 cm³/mol. The van der Waals surface area contributed by atoms with Crippen LogP contribution in [-0.2, 0) is 36.8 Å². The van der Waals surface area contributed by atoms with Gasteiger partial charge in [0.1, 0.15) is 28.3 Å². The second-order valence-corrected chi connectivity index (χ2v) is 8.95. The molecule has 0 bridgehead atoms. The van der Waals surface area contributed by atoms with Gasteiger partial charge in [-0.2, -0.15) is 0 Å². The molecule has 182 valence electrons. The molecule has 35 heavy (non-hydrogen) atoms. The third-order valence-corrected chi connectivity index (χ3v) is 6.40. The van der Waals surface area contributed by atoms with Gasteiger partial charge in [0.25, 0.3) is 0 Å². The van der Waals surface area contributed by atoms with Gasteiger partial charge in [-0.15, -0.1) is 0 Å². The molecule has 0 unspecified atom stereocenters. The van der Waals surface area contributed by atoms with E-state index in [0.29, 0.717) is 42.4 Å². The molecule has 0 aliphatic heterocycles. The quantitative estimate of drug-likeness (QED) is 0.177. The molecule has 3 aromatic carbocycles. The van der Waals surface area contributed by atoms with Gasteiger partial charge < -0.3 is 4.74 Å². The van der Waals surface area contributed by atoms with Crippen LogP contribution in [0.4, 0.5) is 13.2 Å². The molecule has 0 aliphatic rings. The first kappa shape index (κ1) is 25.1. The largest absolute Gasteiger partial charge is 0.385 e. The molecule has 0 saturated carbocycles. The van der Waals surface area contributed by atoms with Gasteiger partial charge in [0.2, 0.25) is 0 Å². The number of nitrogens with zero attached hydrogens (tertiary/aromatic N) is 2. The standard InChI is InChI=1S/C28H26ClF3N2O/c1-35-12-2-3-20-16-33-26(34-17-20)11-6-18-5-10-23-22(13-18)9-8-21(28(23)32)7-4-19-14-24(30)27(29)25(31)15-19/h5,8-10,13-17H,2-4,6-7,11-12H2,1H3. The van der Waals surface area contributed by atoms with Gasteiger partial charge in [-0.05, 0) is 71.9 Å². The highest BCUT2D eigenvalue weighted by atomic mass is 35.5. The Labute approximate surface area is 207 Å². The summed E-state index contributed by atoms with van der Waals surface area (Å²) >= 11 is 5.53. The Morgan fingerprint density at radius 1 is 0.771 bits per heavy atom. The number of hydrogen-bond donors (Lipinski definition) is 0. The van der Waals surface area contributed by atoms with E-state index in [2.05, 4.69) is 9.97 Å². The Morgan fingerprint density at radius 3 is 2.20 bits per heavy atom.